The molecule has 0 bridgehead atoms. The van der Waals surface area contributed by atoms with Crippen molar-refractivity contribution in [3.8, 4) is 23.0 Å². The third-order valence-electron chi connectivity index (χ3n) is 8.15. The molecule has 3 aromatic carbocycles. The maximum atomic E-state index is 13.7. The number of anilines is 1. The van der Waals surface area contributed by atoms with E-state index in [1.165, 1.54) is 4.88 Å². The number of carbonyl (C=O) groups excluding carboxylic acids is 1. The minimum absolute atomic E-state index is 0.156. The third-order valence-corrected chi connectivity index (χ3v) is 9.56. The lowest BCUT2D eigenvalue weighted by Crippen LogP contribution is -2.27. The Kier molecular flexibility index (Phi) is 8.56. The van der Waals surface area contributed by atoms with E-state index in [0.717, 1.165) is 47.5 Å². The molecule has 44 heavy (non-hydrogen) atoms. The van der Waals surface area contributed by atoms with Gasteiger partial charge in [0, 0.05) is 21.8 Å². The van der Waals surface area contributed by atoms with Crippen LogP contribution in [0.1, 0.15) is 59.1 Å². The third kappa shape index (κ3) is 6.56. The van der Waals surface area contributed by atoms with Gasteiger partial charge >= 0.3 is 0 Å². The Morgan fingerprint density at radius 3 is 2.64 bits per heavy atom. The minimum atomic E-state index is -0.156. The van der Waals surface area contributed by atoms with Gasteiger partial charge in [0.15, 0.2) is 23.0 Å². The summed E-state index contributed by atoms with van der Waals surface area (Å²) in [6, 6.07) is 18.6. The Morgan fingerprint density at radius 1 is 1.07 bits per heavy atom. The van der Waals surface area contributed by atoms with Gasteiger partial charge in [-0.2, -0.15) is 0 Å². The van der Waals surface area contributed by atoms with Crippen LogP contribution in [0.15, 0.2) is 65.7 Å². The highest BCUT2D eigenvalue weighted by molar-refractivity contribution is 7.16. The number of carbonyl (C=O) groups is 1. The van der Waals surface area contributed by atoms with Gasteiger partial charge in [0.1, 0.15) is 11.6 Å². The van der Waals surface area contributed by atoms with Crippen LogP contribution in [-0.2, 0) is 19.4 Å². The molecule has 2 aliphatic rings. The van der Waals surface area contributed by atoms with E-state index in [0.29, 0.717) is 45.3 Å². The lowest BCUT2D eigenvalue weighted by molar-refractivity contribution is 0.102. The molecule has 0 spiro atoms. The summed E-state index contributed by atoms with van der Waals surface area (Å²) < 4.78 is 22.6. The number of amides is 1. The lowest BCUT2D eigenvalue weighted by atomic mass is 9.72. The van der Waals surface area contributed by atoms with Crippen LogP contribution in [0.3, 0.4) is 0 Å². The first kappa shape index (κ1) is 30.0. The number of halogens is 1. The molecule has 1 aliphatic heterocycles. The molecule has 1 aromatic heterocycles. The van der Waals surface area contributed by atoms with E-state index >= 15 is 0 Å². The molecule has 9 heteroatoms. The highest BCUT2D eigenvalue weighted by atomic mass is 35.5. The molecule has 1 aliphatic carbocycles. The number of ether oxygens (including phenoxy) is 4. The van der Waals surface area contributed by atoms with Crippen molar-refractivity contribution in [2.45, 2.75) is 46.6 Å². The summed E-state index contributed by atoms with van der Waals surface area (Å²) >= 11 is 7.67. The zero-order chi connectivity index (χ0) is 30.8. The number of benzene rings is 3. The molecule has 6 rings (SSSR count). The van der Waals surface area contributed by atoms with Crippen LogP contribution in [-0.4, -0.2) is 26.0 Å². The topological polar surface area (TPSA) is 78.4 Å². The van der Waals surface area contributed by atoms with Crippen molar-refractivity contribution in [1.82, 2.24) is 0 Å². The number of thiophene rings is 1. The number of nitrogens with zero attached hydrogens (tertiary/aromatic N) is 1. The van der Waals surface area contributed by atoms with Gasteiger partial charge < -0.3 is 24.3 Å². The van der Waals surface area contributed by atoms with Crippen molar-refractivity contribution in [2.75, 3.05) is 19.2 Å². The monoisotopic (exact) mass is 630 g/mol. The van der Waals surface area contributed by atoms with E-state index in [1.807, 2.05) is 36.4 Å². The smallest absolute Gasteiger partial charge is 0.259 e. The number of rotatable bonds is 8. The van der Waals surface area contributed by atoms with Gasteiger partial charge in [0.05, 0.1) is 12.7 Å². The average molecular weight is 631 g/mol. The zero-order valence-corrected chi connectivity index (χ0v) is 26.8. The van der Waals surface area contributed by atoms with Crippen molar-refractivity contribution in [1.29, 1.82) is 0 Å². The Morgan fingerprint density at radius 2 is 1.86 bits per heavy atom. The highest BCUT2D eigenvalue weighted by Gasteiger charge is 2.33. The fourth-order valence-corrected chi connectivity index (χ4v) is 6.97. The summed E-state index contributed by atoms with van der Waals surface area (Å²) in [6.45, 7) is 7.46. The summed E-state index contributed by atoms with van der Waals surface area (Å²) in [5.41, 5.74) is 4.44. The van der Waals surface area contributed by atoms with E-state index in [4.69, 9.17) is 35.5 Å². The molecule has 0 unspecified atom stereocenters. The van der Waals surface area contributed by atoms with Crippen LogP contribution in [0.5, 0.6) is 23.0 Å². The molecule has 1 amide bonds. The fraction of sp³-hybridized carbons (Fsp3) is 0.314. The molecule has 0 radical (unpaired) electrons. The lowest BCUT2D eigenvalue weighted by Gasteiger charge is -2.33. The first-order valence-electron chi connectivity index (χ1n) is 14.6. The molecule has 4 aromatic rings. The van der Waals surface area contributed by atoms with E-state index < -0.39 is 0 Å². The second kappa shape index (κ2) is 12.5. The second-order valence-electron chi connectivity index (χ2n) is 12.1. The number of hydrogen-bond donors (Lipinski definition) is 1. The number of aliphatic imine (C=N–C) groups is 1. The highest BCUT2D eigenvalue weighted by Crippen LogP contribution is 2.45. The summed E-state index contributed by atoms with van der Waals surface area (Å²) in [6.07, 6.45) is 4.63. The summed E-state index contributed by atoms with van der Waals surface area (Å²) in [4.78, 5) is 19.8. The second-order valence-corrected chi connectivity index (χ2v) is 13.6. The molecule has 0 fully saturated rings. The van der Waals surface area contributed by atoms with Gasteiger partial charge in [0.25, 0.3) is 5.91 Å². The Balaban J connectivity index is 1.24. The quantitative estimate of drug-likeness (QED) is 0.197. The normalized spacial score (nSPS) is 15.7. The SMILES string of the molecule is COc1cc(C=Nc2sc3c(c2C(=O)Nc2ccc(Cl)cc2)CC[C@@H](C(C)(C)C)C3)ccc1OCc1ccc2c(c1)OCO2. The van der Waals surface area contributed by atoms with Crippen molar-refractivity contribution in [3.05, 3.63) is 92.8 Å². The number of hydrogen-bond acceptors (Lipinski definition) is 7. The molecule has 7 nitrogen and oxygen atoms in total. The van der Waals surface area contributed by atoms with Crippen LogP contribution in [0.25, 0.3) is 0 Å². The van der Waals surface area contributed by atoms with Crippen molar-refractivity contribution in [2.24, 2.45) is 16.3 Å². The molecule has 0 saturated carbocycles. The number of nitrogens with one attached hydrogen (secondary N) is 1. The van der Waals surface area contributed by atoms with Gasteiger partial charge in [-0.1, -0.05) is 38.4 Å². The van der Waals surface area contributed by atoms with Gasteiger partial charge in [-0.05, 0) is 102 Å². The molecular formula is C35H35ClN2O5S. The number of methoxy groups -OCH3 is 1. The van der Waals surface area contributed by atoms with E-state index in [2.05, 4.69) is 26.1 Å². The minimum Gasteiger partial charge on any atom is -0.493 e. The molecule has 2 heterocycles. The Labute approximate surface area is 266 Å². The average Bonchev–Trinajstić information content (AvgIpc) is 3.63. The molecule has 0 saturated heterocycles. The largest absolute Gasteiger partial charge is 0.493 e. The van der Waals surface area contributed by atoms with Crippen LogP contribution in [0, 0.1) is 11.3 Å². The van der Waals surface area contributed by atoms with Gasteiger partial charge in [0.2, 0.25) is 6.79 Å². The number of fused-ring (bicyclic) bond motifs is 2. The van der Waals surface area contributed by atoms with E-state index in [9.17, 15) is 4.79 Å². The van der Waals surface area contributed by atoms with Crippen molar-refractivity contribution >= 4 is 45.7 Å². The standard InChI is InChI=1S/C35H35ClN2O5S/c1-35(2,3)23-7-12-26-31(17-23)44-34(32(26)33(39)38-25-10-8-24(36)9-11-25)37-18-21-5-13-27(29(15-21)40-4)41-19-22-6-14-28-30(16-22)43-20-42-28/h5-6,8-11,13-16,18,23H,7,12,17,19-20H2,1-4H3,(H,38,39)/t23-/m1/s1. The summed E-state index contributed by atoms with van der Waals surface area (Å²) in [5, 5.41) is 4.38. The molecule has 228 valence electrons. The van der Waals surface area contributed by atoms with Crippen LogP contribution >= 0.6 is 22.9 Å². The Hall–Kier alpha value is -4.01. The van der Waals surface area contributed by atoms with Crippen LogP contribution < -0.4 is 24.3 Å². The first-order valence-corrected chi connectivity index (χ1v) is 15.8. The van der Waals surface area contributed by atoms with Crippen LogP contribution in [0.2, 0.25) is 5.02 Å². The van der Waals surface area contributed by atoms with Gasteiger partial charge in [-0.25, -0.2) is 4.99 Å². The first-order chi connectivity index (χ1) is 21.2. The summed E-state index contributed by atoms with van der Waals surface area (Å²) in [7, 11) is 1.61. The molecule has 1 atom stereocenters. The van der Waals surface area contributed by atoms with Crippen LogP contribution in [0.4, 0.5) is 10.7 Å². The van der Waals surface area contributed by atoms with Crippen molar-refractivity contribution < 1.29 is 23.7 Å². The Bertz CT molecular complexity index is 1710. The predicted molar refractivity (Wildman–Crippen MR) is 176 cm³/mol. The van der Waals surface area contributed by atoms with Crippen molar-refractivity contribution in [3.63, 3.8) is 0 Å². The summed E-state index contributed by atoms with van der Waals surface area (Å²) in [5.74, 6) is 3.05. The van der Waals surface area contributed by atoms with E-state index in [-0.39, 0.29) is 18.1 Å². The molecule has 1 N–H and O–H groups in total. The fourth-order valence-electron chi connectivity index (χ4n) is 5.57. The van der Waals surface area contributed by atoms with Gasteiger partial charge in [-0.15, -0.1) is 11.3 Å². The van der Waals surface area contributed by atoms with E-state index in [1.54, 1.807) is 48.9 Å². The van der Waals surface area contributed by atoms with Gasteiger partial charge in [-0.3, -0.25) is 4.79 Å². The maximum Gasteiger partial charge on any atom is 0.259 e. The maximum absolute atomic E-state index is 13.7. The zero-order valence-electron chi connectivity index (χ0n) is 25.2. The predicted octanol–water partition coefficient (Wildman–Crippen LogP) is 8.87. The molecular weight excluding hydrogens is 596 g/mol.